The van der Waals surface area contributed by atoms with Gasteiger partial charge >= 0.3 is 11.9 Å². The van der Waals surface area contributed by atoms with Gasteiger partial charge in [0, 0.05) is 0 Å². The number of halogens is 3. The van der Waals surface area contributed by atoms with E-state index in [4.69, 9.17) is 15.9 Å². The lowest BCUT2D eigenvalue weighted by atomic mass is 10.0. The molecule has 0 unspecified atom stereocenters. The highest BCUT2D eigenvalue weighted by Gasteiger charge is 2.46. The molecule has 0 amide bonds. The standard InChI is InChI=1S/C9H9F2NO3.ClH/c10-9(11,8(14)15)7(12)5-1-3-6(13)4-2-5;/h1-4,7,13H,12H2,(H,14,15);1H/t7-;/m1./s1. The van der Waals surface area contributed by atoms with Gasteiger partial charge in [0.2, 0.25) is 0 Å². The topological polar surface area (TPSA) is 83.5 Å². The molecule has 1 rings (SSSR count). The molecule has 90 valence electrons. The summed E-state index contributed by atoms with van der Waals surface area (Å²) in [5.41, 5.74) is 5.06. The zero-order chi connectivity index (χ0) is 11.6. The van der Waals surface area contributed by atoms with Gasteiger partial charge in [-0.1, -0.05) is 12.1 Å². The molecule has 0 heterocycles. The Morgan fingerprint density at radius 1 is 1.31 bits per heavy atom. The number of rotatable bonds is 3. The molecule has 0 fully saturated rings. The van der Waals surface area contributed by atoms with Crippen molar-refractivity contribution in [1.82, 2.24) is 0 Å². The summed E-state index contributed by atoms with van der Waals surface area (Å²) in [5.74, 6) is -6.41. The van der Waals surface area contributed by atoms with Crippen LogP contribution in [0.4, 0.5) is 8.78 Å². The minimum atomic E-state index is -4.03. The second kappa shape index (κ2) is 5.09. The largest absolute Gasteiger partial charge is 0.508 e. The van der Waals surface area contributed by atoms with E-state index in [2.05, 4.69) is 0 Å². The van der Waals surface area contributed by atoms with E-state index in [1.807, 2.05) is 0 Å². The third-order valence-corrected chi connectivity index (χ3v) is 1.93. The molecule has 0 aliphatic rings. The van der Waals surface area contributed by atoms with Gasteiger partial charge in [-0.05, 0) is 17.7 Å². The van der Waals surface area contributed by atoms with Gasteiger partial charge in [-0.3, -0.25) is 0 Å². The van der Waals surface area contributed by atoms with Gasteiger partial charge in [0.25, 0.3) is 0 Å². The van der Waals surface area contributed by atoms with Crippen LogP contribution in [0.15, 0.2) is 24.3 Å². The van der Waals surface area contributed by atoms with Gasteiger partial charge in [-0.15, -0.1) is 12.4 Å². The Morgan fingerprint density at radius 2 is 1.75 bits per heavy atom. The van der Waals surface area contributed by atoms with Gasteiger partial charge in [-0.25, -0.2) is 4.79 Å². The molecule has 4 nitrogen and oxygen atoms in total. The second-order valence-electron chi connectivity index (χ2n) is 3.00. The number of hydrogen-bond acceptors (Lipinski definition) is 3. The van der Waals surface area contributed by atoms with Crippen LogP contribution in [-0.2, 0) is 4.79 Å². The quantitative estimate of drug-likeness (QED) is 0.763. The van der Waals surface area contributed by atoms with Crippen molar-refractivity contribution in [3.05, 3.63) is 29.8 Å². The van der Waals surface area contributed by atoms with E-state index in [1.165, 1.54) is 0 Å². The van der Waals surface area contributed by atoms with E-state index in [0.717, 1.165) is 24.3 Å². The molecule has 1 aromatic carbocycles. The lowest BCUT2D eigenvalue weighted by Gasteiger charge is -2.19. The molecule has 0 aliphatic carbocycles. The van der Waals surface area contributed by atoms with Crippen molar-refractivity contribution in [3.63, 3.8) is 0 Å². The Bertz CT molecular complexity index is 370. The molecule has 0 saturated heterocycles. The van der Waals surface area contributed by atoms with Crippen LogP contribution in [0.1, 0.15) is 11.6 Å². The Balaban J connectivity index is 0.00000225. The predicted octanol–water partition coefficient (Wildman–Crippen LogP) is 1.53. The number of alkyl halides is 2. The number of carbonyl (C=O) groups is 1. The smallest absolute Gasteiger partial charge is 0.376 e. The average molecular weight is 254 g/mol. The highest BCUT2D eigenvalue weighted by molar-refractivity contribution is 5.85. The Hall–Kier alpha value is -1.40. The maximum atomic E-state index is 12.9. The number of carboxylic acids is 1. The summed E-state index contributed by atoms with van der Waals surface area (Å²) in [4.78, 5) is 10.2. The van der Waals surface area contributed by atoms with Crippen molar-refractivity contribution in [3.8, 4) is 5.75 Å². The van der Waals surface area contributed by atoms with E-state index in [1.54, 1.807) is 0 Å². The maximum absolute atomic E-state index is 12.9. The van der Waals surface area contributed by atoms with Crippen molar-refractivity contribution < 1.29 is 23.8 Å². The molecule has 1 atom stereocenters. The summed E-state index contributed by atoms with van der Waals surface area (Å²) in [7, 11) is 0. The zero-order valence-electron chi connectivity index (χ0n) is 7.93. The van der Waals surface area contributed by atoms with Crippen LogP contribution in [0, 0.1) is 0 Å². The van der Waals surface area contributed by atoms with Crippen LogP contribution in [0.3, 0.4) is 0 Å². The van der Waals surface area contributed by atoms with Crippen LogP contribution < -0.4 is 5.73 Å². The zero-order valence-corrected chi connectivity index (χ0v) is 8.75. The minimum absolute atomic E-state index is 0. The number of aliphatic carboxylic acids is 1. The fourth-order valence-corrected chi connectivity index (χ4v) is 1.02. The number of phenols is 1. The van der Waals surface area contributed by atoms with Crippen LogP contribution in [0.2, 0.25) is 0 Å². The molecule has 7 heteroatoms. The predicted molar refractivity (Wildman–Crippen MR) is 54.9 cm³/mol. The summed E-state index contributed by atoms with van der Waals surface area (Å²) < 4.78 is 25.9. The first kappa shape index (κ1) is 14.6. The van der Waals surface area contributed by atoms with E-state index in [0.29, 0.717) is 0 Å². The van der Waals surface area contributed by atoms with Gasteiger partial charge in [-0.2, -0.15) is 8.78 Å². The van der Waals surface area contributed by atoms with E-state index >= 15 is 0 Å². The van der Waals surface area contributed by atoms with Crippen LogP contribution in [-0.4, -0.2) is 22.1 Å². The molecular formula is C9H10ClF2NO3. The normalized spacial score (nSPS) is 12.7. The first-order valence-electron chi connectivity index (χ1n) is 4.01. The Kier molecular flexibility index (Phi) is 4.64. The monoisotopic (exact) mass is 253 g/mol. The fraction of sp³-hybridized carbons (Fsp3) is 0.222. The summed E-state index contributed by atoms with van der Waals surface area (Å²) in [6.45, 7) is 0. The third kappa shape index (κ3) is 2.80. The highest BCUT2D eigenvalue weighted by Crippen LogP contribution is 2.30. The first-order valence-corrected chi connectivity index (χ1v) is 4.01. The van der Waals surface area contributed by atoms with Crippen LogP contribution in [0.5, 0.6) is 5.75 Å². The molecule has 0 saturated carbocycles. The van der Waals surface area contributed by atoms with Crippen molar-refractivity contribution in [2.45, 2.75) is 12.0 Å². The maximum Gasteiger partial charge on any atom is 0.376 e. The minimum Gasteiger partial charge on any atom is -0.508 e. The summed E-state index contributed by atoms with van der Waals surface area (Å²) >= 11 is 0. The number of benzene rings is 1. The van der Waals surface area contributed by atoms with Crippen LogP contribution in [0.25, 0.3) is 0 Å². The molecule has 16 heavy (non-hydrogen) atoms. The second-order valence-corrected chi connectivity index (χ2v) is 3.00. The summed E-state index contributed by atoms with van der Waals surface area (Å²) in [6.07, 6.45) is 0. The first-order chi connectivity index (χ1) is 6.85. The Morgan fingerprint density at radius 3 is 2.12 bits per heavy atom. The van der Waals surface area contributed by atoms with Gasteiger partial charge < -0.3 is 15.9 Å². The number of aromatic hydroxyl groups is 1. The fourth-order valence-electron chi connectivity index (χ4n) is 1.02. The van der Waals surface area contributed by atoms with E-state index in [-0.39, 0.29) is 23.7 Å². The molecule has 0 bridgehead atoms. The van der Waals surface area contributed by atoms with E-state index in [9.17, 15) is 13.6 Å². The SMILES string of the molecule is Cl.N[C@H](c1ccc(O)cc1)C(F)(F)C(=O)O. The van der Waals surface area contributed by atoms with Gasteiger partial charge in [0.1, 0.15) is 11.8 Å². The summed E-state index contributed by atoms with van der Waals surface area (Å²) in [6, 6.07) is 2.68. The van der Waals surface area contributed by atoms with Crippen LogP contribution >= 0.6 is 12.4 Å². The van der Waals surface area contributed by atoms with Crippen molar-refractivity contribution in [2.75, 3.05) is 0 Å². The lowest BCUT2D eigenvalue weighted by Crippen LogP contribution is -2.40. The number of carboxylic acid groups (broad SMARTS) is 1. The molecule has 0 radical (unpaired) electrons. The van der Waals surface area contributed by atoms with Gasteiger partial charge in [0.05, 0.1) is 0 Å². The molecular weight excluding hydrogens is 244 g/mol. The summed E-state index contributed by atoms with van der Waals surface area (Å²) in [5, 5.41) is 17.2. The van der Waals surface area contributed by atoms with E-state index < -0.39 is 17.9 Å². The number of nitrogens with two attached hydrogens (primary N) is 1. The number of phenolic OH excluding ortho intramolecular Hbond substituents is 1. The van der Waals surface area contributed by atoms with Crippen molar-refractivity contribution in [1.29, 1.82) is 0 Å². The number of hydrogen-bond donors (Lipinski definition) is 3. The van der Waals surface area contributed by atoms with Gasteiger partial charge in [0.15, 0.2) is 0 Å². The molecule has 4 N–H and O–H groups in total. The lowest BCUT2D eigenvalue weighted by molar-refractivity contribution is -0.168. The molecule has 1 aromatic rings. The third-order valence-electron chi connectivity index (χ3n) is 1.93. The molecule has 0 spiro atoms. The van der Waals surface area contributed by atoms with Crippen molar-refractivity contribution >= 4 is 18.4 Å². The molecule has 0 aliphatic heterocycles. The highest BCUT2D eigenvalue weighted by atomic mass is 35.5. The Labute approximate surface area is 96.1 Å². The van der Waals surface area contributed by atoms with Crippen molar-refractivity contribution in [2.24, 2.45) is 5.73 Å². The average Bonchev–Trinajstić information content (AvgIpc) is 2.17. The molecule has 0 aromatic heterocycles.